The molecule has 2 aliphatic carbocycles. The summed E-state index contributed by atoms with van der Waals surface area (Å²) in [6.45, 7) is 3.63. The van der Waals surface area contributed by atoms with E-state index >= 15 is 0 Å². The molecule has 2 saturated carbocycles. The van der Waals surface area contributed by atoms with E-state index in [0.717, 1.165) is 24.2 Å². The SMILES string of the molecule is Cc1cnc([C@H]2CC[C@@H]2c2nc3c(cnn3C3CCC(C)(F)CC3)c(=O)[nH]2)nc1. The van der Waals surface area contributed by atoms with Crippen molar-refractivity contribution in [2.24, 2.45) is 0 Å². The smallest absolute Gasteiger partial charge is 0.262 e. The van der Waals surface area contributed by atoms with Crippen molar-refractivity contribution >= 4 is 11.0 Å². The molecule has 3 aromatic rings. The van der Waals surface area contributed by atoms with Crippen molar-refractivity contribution < 1.29 is 4.39 Å². The van der Waals surface area contributed by atoms with Crippen LogP contribution >= 0.6 is 0 Å². The van der Waals surface area contributed by atoms with Crippen molar-refractivity contribution in [3.05, 3.63) is 46.2 Å². The van der Waals surface area contributed by atoms with Gasteiger partial charge in [0.25, 0.3) is 5.56 Å². The fourth-order valence-corrected chi connectivity index (χ4v) is 4.58. The number of nitrogens with zero attached hydrogens (tertiary/aromatic N) is 5. The Bertz CT molecular complexity index is 1090. The van der Waals surface area contributed by atoms with E-state index in [9.17, 15) is 9.18 Å². The lowest BCUT2D eigenvalue weighted by Gasteiger charge is -2.34. The van der Waals surface area contributed by atoms with Gasteiger partial charge < -0.3 is 4.98 Å². The molecule has 8 heteroatoms. The van der Waals surface area contributed by atoms with E-state index in [1.54, 1.807) is 13.1 Å². The molecule has 0 aliphatic heterocycles. The summed E-state index contributed by atoms with van der Waals surface area (Å²) in [7, 11) is 0. The predicted molar refractivity (Wildman–Crippen MR) is 107 cm³/mol. The average molecular weight is 396 g/mol. The van der Waals surface area contributed by atoms with Gasteiger partial charge in [0.15, 0.2) is 5.65 Å². The molecule has 29 heavy (non-hydrogen) atoms. The molecule has 0 bridgehead atoms. The minimum atomic E-state index is -1.11. The van der Waals surface area contributed by atoms with E-state index in [-0.39, 0.29) is 23.4 Å². The number of aromatic amines is 1. The van der Waals surface area contributed by atoms with E-state index in [4.69, 9.17) is 4.98 Å². The van der Waals surface area contributed by atoms with Crippen LogP contribution in [0.1, 0.15) is 80.5 Å². The van der Waals surface area contributed by atoms with Crippen molar-refractivity contribution in [1.82, 2.24) is 29.7 Å². The van der Waals surface area contributed by atoms with Gasteiger partial charge in [0.05, 0.1) is 12.2 Å². The standard InChI is InChI=1S/C21H25FN6O/c1-12-9-23-17(24-10-12)14-3-4-15(14)18-26-19-16(20(29)27-18)11-25-28(19)13-5-7-21(2,22)8-6-13/h9-11,13-15H,3-8H2,1-2H3,(H,26,27,29)/t13?,14-,15-,21?/m0/s1. The van der Waals surface area contributed by atoms with E-state index < -0.39 is 5.67 Å². The summed E-state index contributed by atoms with van der Waals surface area (Å²) in [4.78, 5) is 29.4. The van der Waals surface area contributed by atoms with Crippen LogP contribution in [0.2, 0.25) is 0 Å². The van der Waals surface area contributed by atoms with Crippen molar-refractivity contribution in [3.63, 3.8) is 0 Å². The molecule has 0 aromatic carbocycles. The molecular weight excluding hydrogens is 371 g/mol. The largest absolute Gasteiger partial charge is 0.310 e. The summed E-state index contributed by atoms with van der Waals surface area (Å²) in [5.74, 6) is 1.74. The number of nitrogens with one attached hydrogen (secondary N) is 1. The van der Waals surface area contributed by atoms with Crippen LogP contribution in [0.15, 0.2) is 23.4 Å². The molecule has 0 unspecified atom stereocenters. The van der Waals surface area contributed by atoms with E-state index in [2.05, 4.69) is 20.1 Å². The Labute approximate surface area is 167 Å². The quantitative estimate of drug-likeness (QED) is 0.729. The maximum Gasteiger partial charge on any atom is 0.262 e. The summed E-state index contributed by atoms with van der Waals surface area (Å²) < 4.78 is 16.0. The van der Waals surface area contributed by atoms with Crippen LogP contribution in [0.5, 0.6) is 0 Å². The number of aromatic nitrogens is 6. The van der Waals surface area contributed by atoms with Crippen LogP contribution in [-0.4, -0.2) is 35.4 Å². The third-order valence-electron chi connectivity index (χ3n) is 6.58. The monoisotopic (exact) mass is 396 g/mol. The fraction of sp³-hybridized carbons (Fsp3) is 0.571. The molecule has 0 spiro atoms. The van der Waals surface area contributed by atoms with Crippen molar-refractivity contribution in [3.8, 4) is 0 Å². The first-order valence-corrected chi connectivity index (χ1v) is 10.4. The highest BCUT2D eigenvalue weighted by atomic mass is 19.1. The number of fused-ring (bicyclic) bond motifs is 1. The lowest BCUT2D eigenvalue weighted by atomic mass is 9.72. The van der Waals surface area contributed by atoms with Gasteiger partial charge in [-0.05, 0) is 57.9 Å². The Morgan fingerprint density at radius 3 is 2.45 bits per heavy atom. The first-order valence-electron chi connectivity index (χ1n) is 10.4. The van der Waals surface area contributed by atoms with Crippen LogP contribution in [0.3, 0.4) is 0 Å². The lowest BCUT2D eigenvalue weighted by Crippen LogP contribution is -2.29. The van der Waals surface area contributed by atoms with Gasteiger partial charge in [-0.1, -0.05) is 0 Å². The zero-order valence-electron chi connectivity index (χ0n) is 16.7. The Kier molecular flexibility index (Phi) is 4.26. The maximum atomic E-state index is 14.2. The molecule has 3 heterocycles. The molecule has 152 valence electrons. The van der Waals surface area contributed by atoms with Crippen molar-refractivity contribution in [2.45, 2.75) is 75.9 Å². The second kappa shape index (κ2) is 6.71. The van der Waals surface area contributed by atoms with Crippen molar-refractivity contribution in [2.75, 3.05) is 0 Å². The van der Waals surface area contributed by atoms with Gasteiger partial charge in [0, 0.05) is 24.2 Å². The number of H-pyrrole nitrogens is 1. The number of halogens is 1. The third-order valence-corrected chi connectivity index (χ3v) is 6.58. The maximum absolute atomic E-state index is 14.2. The summed E-state index contributed by atoms with van der Waals surface area (Å²) in [5, 5.41) is 4.94. The Morgan fingerprint density at radius 2 is 1.79 bits per heavy atom. The number of hydrogen-bond donors (Lipinski definition) is 1. The molecule has 7 nitrogen and oxygen atoms in total. The van der Waals surface area contributed by atoms with Gasteiger partial charge in [0.2, 0.25) is 0 Å². The number of aryl methyl sites for hydroxylation is 1. The first kappa shape index (κ1) is 18.4. The minimum absolute atomic E-state index is 0.0797. The second-order valence-corrected chi connectivity index (χ2v) is 8.83. The number of hydrogen-bond acceptors (Lipinski definition) is 5. The molecule has 0 radical (unpaired) electrons. The second-order valence-electron chi connectivity index (χ2n) is 8.83. The molecule has 0 amide bonds. The number of rotatable bonds is 3. The van der Waals surface area contributed by atoms with Crippen LogP contribution in [-0.2, 0) is 0 Å². The van der Waals surface area contributed by atoms with Crippen LogP contribution in [0, 0.1) is 6.92 Å². The minimum Gasteiger partial charge on any atom is -0.310 e. The Morgan fingerprint density at radius 1 is 1.10 bits per heavy atom. The summed E-state index contributed by atoms with van der Waals surface area (Å²) in [6, 6.07) is 0.0797. The van der Waals surface area contributed by atoms with Gasteiger partial charge in [-0.2, -0.15) is 5.10 Å². The van der Waals surface area contributed by atoms with Crippen molar-refractivity contribution in [1.29, 1.82) is 0 Å². The fourth-order valence-electron chi connectivity index (χ4n) is 4.58. The van der Waals surface area contributed by atoms with Gasteiger partial charge in [-0.15, -0.1) is 0 Å². The molecule has 2 fully saturated rings. The first-order chi connectivity index (χ1) is 13.9. The zero-order valence-corrected chi connectivity index (χ0v) is 16.7. The molecule has 3 aromatic heterocycles. The zero-order chi connectivity index (χ0) is 20.2. The molecule has 0 saturated heterocycles. The third kappa shape index (κ3) is 3.24. The predicted octanol–water partition coefficient (Wildman–Crippen LogP) is 3.72. The van der Waals surface area contributed by atoms with Crippen LogP contribution < -0.4 is 5.56 Å². The van der Waals surface area contributed by atoms with E-state index in [1.807, 2.05) is 24.0 Å². The van der Waals surface area contributed by atoms with Gasteiger partial charge in [-0.25, -0.2) is 24.0 Å². The Hall–Kier alpha value is -2.64. The molecule has 1 N–H and O–H groups in total. The summed E-state index contributed by atoms with van der Waals surface area (Å²) in [6.07, 6.45) is 9.57. The van der Waals surface area contributed by atoms with Gasteiger partial charge in [-0.3, -0.25) is 4.79 Å². The summed E-state index contributed by atoms with van der Waals surface area (Å²) in [5.41, 5.74) is 0.353. The molecule has 2 atom stereocenters. The Balaban J connectivity index is 1.48. The lowest BCUT2D eigenvalue weighted by molar-refractivity contribution is 0.103. The summed E-state index contributed by atoms with van der Waals surface area (Å²) >= 11 is 0. The highest BCUT2D eigenvalue weighted by Gasteiger charge is 2.38. The molecule has 5 rings (SSSR count). The topological polar surface area (TPSA) is 89.4 Å². The average Bonchev–Trinajstić information content (AvgIpc) is 3.07. The molecule has 2 aliphatic rings. The highest BCUT2D eigenvalue weighted by molar-refractivity contribution is 5.73. The highest BCUT2D eigenvalue weighted by Crippen LogP contribution is 2.46. The molecular formula is C21H25FN6O. The van der Waals surface area contributed by atoms with E-state index in [1.165, 1.54) is 0 Å². The van der Waals surface area contributed by atoms with Gasteiger partial charge in [0.1, 0.15) is 22.7 Å². The van der Waals surface area contributed by atoms with E-state index in [0.29, 0.717) is 42.5 Å². The van der Waals surface area contributed by atoms with Crippen LogP contribution in [0.4, 0.5) is 4.39 Å². The van der Waals surface area contributed by atoms with Crippen LogP contribution in [0.25, 0.3) is 11.0 Å². The van der Waals surface area contributed by atoms with Gasteiger partial charge >= 0.3 is 0 Å². The number of alkyl halides is 1. The normalized spacial score (nSPS) is 29.7.